The van der Waals surface area contributed by atoms with Crippen molar-refractivity contribution >= 4 is 17.4 Å². The molecule has 33 heavy (non-hydrogen) atoms. The molecular weight excluding hydrogens is 423 g/mol. The fourth-order valence-electron chi connectivity index (χ4n) is 4.16. The first-order valence-corrected chi connectivity index (χ1v) is 10.4. The summed E-state index contributed by atoms with van der Waals surface area (Å²) in [6.07, 6.45) is 3.15. The Bertz CT molecular complexity index is 1270. The molecule has 0 spiro atoms. The molecule has 2 heterocycles. The number of methoxy groups -OCH3 is 1. The van der Waals surface area contributed by atoms with Crippen LogP contribution in [0.3, 0.4) is 0 Å². The van der Waals surface area contributed by atoms with Crippen LogP contribution in [-0.2, 0) is 16.1 Å². The number of carbonyl (C=O) groups excluding carboxylic acids is 2. The lowest BCUT2D eigenvalue weighted by molar-refractivity contribution is -0.140. The number of nitrogens with zero attached hydrogens (tertiary/aromatic N) is 2. The minimum Gasteiger partial charge on any atom is -0.507 e. The first-order chi connectivity index (χ1) is 15.8. The van der Waals surface area contributed by atoms with E-state index in [1.807, 2.05) is 6.92 Å². The van der Waals surface area contributed by atoms with Gasteiger partial charge in [0.1, 0.15) is 17.3 Å². The lowest BCUT2D eigenvalue weighted by Gasteiger charge is -2.26. The van der Waals surface area contributed by atoms with E-state index >= 15 is 0 Å². The number of carbonyl (C=O) groups is 2. The SMILES string of the molecule is COc1cc(C)c(/C(O)=C2\C(=O)C(=O)N(Cc3ccncc3)C2c2ccccc2F)cc1C. The van der Waals surface area contributed by atoms with Crippen molar-refractivity contribution in [2.75, 3.05) is 7.11 Å². The van der Waals surface area contributed by atoms with Gasteiger partial charge in [-0.05, 0) is 60.9 Å². The largest absolute Gasteiger partial charge is 0.507 e. The molecular formula is C26H23FN2O4. The van der Waals surface area contributed by atoms with Crippen LogP contribution in [0.25, 0.3) is 5.76 Å². The van der Waals surface area contributed by atoms with E-state index in [-0.39, 0.29) is 23.4 Å². The molecule has 1 N–H and O–H groups in total. The maximum absolute atomic E-state index is 14.9. The molecule has 3 aromatic rings. The fourth-order valence-corrected chi connectivity index (χ4v) is 4.16. The summed E-state index contributed by atoms with van der Waals surface area (Å²) >= 11 is 0. The van der Waals surface area contributed by atoms with Gasteiger partial charge in [0.05, 0.1) is 18.7 Å². The molecule has 1 aromatic heterocycles. The van der Waals surface area contributed by atoms with Crippen LogP contribution >= 0.6 is 0 Å². The van der Waals surface area contributed by atoms with Gasteiger partial charge < -0.3 is 14.7 Å². The van der Waals surface area contributed by atoms with Gasteiger partial charge >= 0.3 is 0 Å². The summed E-state index contributed by atoms with van der Waals surface area (Å²) in [7, 11) is 1.55. The summed E-state index contributed by atoms with van der Waals surface area (Å²) in [6.45, 7) is 3.64. The number of aliphatic hydroxyl groups is 1. The zero-order valence-electron chi connectivity index (χ0n) is 18.5. The maximum atomic E-state index is 14.9. The second-order valence-electron chi connectivity index (χ2n) is 7.94. The molecule has 1 aliphatic rings. The Morgan fingerprint density at radius 1 is 1.09 bits per heavy atom. The van der Waals surface area contributed by atoms with Crippen LogP contribution in [0.5, 0.6) is 5.75 Å². The van der Waals surface area contributed by atoms with Crippen LogP contribution in [0.1, 0.15) is 33.9 Å². The van der Waals surface area contributed by atoms with Crippen molar-refractivity contribution in [1.82, 2.24) is 9.88 Å². The number of hydrogen-bond donors (Lipinski definition) is 1. The van der Waals surface area contributed by atoms with Crippen LogP contribution < -0.4 is 4.74 Å². The van der Waals surface area contributed by atoms with Gasteiger partial charge in [0, 0.05) is 30.1 Å². The maximum Gasteiger partial charge on any atom is 0.295 e. The number of Topliss-reactive ketones (excluding diaryl/α,β-unsaturated/α-hetero) is 1. The Labute approximate surface area is 191 Å². The van der Waals surface area contributed by atoms with Gasteiger partial charge in [0.25, 0.3) is 11.7 Å². The quantitative estimate of drug-likeness (QED) is 0.355. The van der Waals surface area contributed by atoms with Crippen LogP contribution in [0.4, 0.5) is 4.39 Å². The molecule has 1 fully saturated rings. The highest BCUT2D eigenvalue weighted by molar-refractivity contribution is 6.46. The average Bonchev–Trinajstić information content (AvgIpc) is 3.05. The number of ether oxygens (including phenoxy) is 1. The van der Waals surface area contributed by atoms with Gasteiger partial charge in [-0.2, -0.15) is 0 Å². The standard InChI is InChI=1S/C26H23FN2O4/c1-15-13-21(33-3)16(2)12-19(15)24(30)22-23(18-6-4-5-7-20(18)27)29(26(32)25(22)31)14-17-8-10-28-11-9-17/h4-13,23,30H,14H2,1-3H3/b24-22+. The van der Waals surface area contributed by atoms with E-state index in [2.05, 4.69) is 4.98 Å². The van der Waals surface area contributed by atoms with Gasteiger partial charge in [0.15, 0.2) is 0 Å². The molecule has 1 saturated heterocycles. The minimum atomic E-state index is -1.08. The lowest BCUT2D eigenvalue weighted by atomic mass is 9.92. The molecule has 0 saturated carbocycles. The fraction of sp³-hybridized carbons (Fsp3) is 0.192. The molecule has 0 radical (unpaired) electrons. The number of benzene rings is 2. The number of aryl methyl sites for hydroxylation is 2. The van der Waals surface area contributed by atoms with Gasteiger partial charge in [-0.3, -0.25) is 14.6 Å². The van der Waals surface area contributed by atoms with Crippen molar-refractivity contribution in [3.05, 3.63) is 100 Å². The van der Waals surface area contributed by atoms with Crippen LogP contribution in [0, 0.1) is 19.7 Å². The summed E-state index contributed by atoms with van der Waals surface area (Å²) in [5.74, 6) is -1.94. The summed E-state index contributed by atoms with van der Waals surface area (Å²) in [6, 6.07) is 11.7. The summed E-state index contributed by atoms with van der Waals surface area (Å²) in [4.78, 5) is 31.5. The molecule has 1 aliphatic heterocycles. The van der Waals surface area contributed by atoms with Crippen LogP contribution in [0.15, 0.2) is 66.5 Å². The second-order valence-corrected chi connectivity index (χ2v) is 7.94. The van der Waals surface area contributed by atoms with E-state index in [9.17, 15) is 19.1 Å². The van der Waals surface area contributed by atoms with Gasteiger partial charge in [-0.15, -0.1) is 0 Å². The third kappa shape index (κ3) is 3.98. The Morgan fingerprint density at radius 3 is 2.45 bits per heavy atom. The van der Waals surface area contributed by atoms with Crippen molar-refractivity contribution in [3.63, 3.8) is 0 Å². The topological polar surface area (TPSA) is 79.7 Å². The zero-order valence-corrected chi connectivity index (χ0v) is 18.5. The molecule has 6 nitrogen and oxygen atoms in total. The van der Waals surface area contributed by atoms with E-state index in [0.29, 0.717) is 16.9 Å². The van der Waals surface area contributed by atoms with E-state index in [1.165, 1.54) is 23.1 Å². The Kier molecular flexibility index (Phi) is 5.96. The van der Waals surface area contributed by atoms with Crippen LogP contribution in [0.2, 0.25) is 0 Å². The van der Waals surface area contributed by atoms with E-state index < -0.39 is 23.5 Å². The minimum absolute atomic E-state index is 0.0590. The van der Waals surface area contributed by atoms with Gasteiger partial charge in [-0.25, -0.2) is 4.39 Å². The number of aromatic nitrogens is 1. The summed E-state index contributed by atoms with van der Waals surface area (Å²) in [5, 5.41) is 11.3. The lowest BCUT2D eigenvalue weighted by Crippen LogP contribution is -2.29. The molecule has 4 rings (SSSR count). The molecule has 1 atom stereocenters. The number of halogens is 1. The molecule has 1 amide bonds. The smallest absolute Gasteiger partial charge is 0.295 e. The number of likely N-dealkylation sites (tertiary alicyclic amines) is 1. The molecule has 168 valence electrons. The third-order valence-corrected chi connectivity index (χ3v) is 5.84. The number of pyridine rings is 1. The zero-order chi connectivity index (χ0) is 23.7. The number of aliphatic hydroxyl groups excluding tert-OH is 1. The molecule has 0 bridgehead atoms. The summed E-state index contributed by atoms with van der Waals surface area (Å²) < 4.78 is 20.2. The van der Waals surface area contributed by atoms with Crippen molar-refractivity contribution in [2.24, 2.45) is 0 Å². The van der Waals surface area contributed by atoms with E-state index in [4.69, 9.17) is 4.74 Å². The first kappa shape index (κ1) is 22.2. The highest BCUT2D eigenvalue weighted by Gasteiger charge is 2.47. The summed E-state index contributed by atoms with van der Waals surface area (Å²) in [5.41, 5.74) is 2.50. The molecule has 1 unspecified atom stereocenters. The Morgan fingerprint density at radius 2 is 1.79 bits per heavy atom. The highest BCUT2D eigenvalue weighted by atomic mass is 19.1. The Balaban J connectivity index is 1.92. The normalized spacial score (nSPS) is 17.5. The third-order valence-electron chi connectivity index (χ3n) is 5.84. The predicted octanol–water partition coefficient (Wildman–Crippen LogP) is 4.47. The van der Waals surface area contributed by atoms with Gasteiger partial charge in [0.2, 0.25) is 0 Å². The molecule has 2 aromatic carbocycles. The number of hydrogen-bond acceptors (Lipinski definition) is 5. The van der Waals surface area contributed by atoms with E-state index in [1.54, 1.807) is 56.8 Å². The highest BCUT2D eigenvalue weighted by Crippen LogP contribution is 2.42. The first-order valence-electron chi connectivity index (χ1n) is 10.4. The molecule has 7 heteroatoms. The number of amides is 1. The Hall–Kier alpha value is -4.00. The number of ketones is 1. The van der Waals surface area contributed by atoms with E-state index in [0.717, 1.165) is 11.1 Å². The van der Waals surface area contributed by atoms with Gasteiger partial charge in [-0.1, -0.05) is 18.2 Å². The predicted molar refractivity (Wildman–Crippen MR) is 121 cm³/mol. The van der Waals surface area contributed by atoms with Crippen molar-refractivity contribution in [1.29, 1.82) is 0 Å². The molecule has 0 aliphatic carbocycles. The van der Waals surface area contributed by atoms with Crippen molar-refractivity contribution in [2.45, 2.75) is 26.4 Å². The number of rotatable bonds is 5. The monoisotopic (exact) mass is 446 g/mol. The van der Waals surface area contributed by atoms with Crippen molar-refractivity contribution in [3.8, 4) is 5.75 Å². The van der Waals surface area contributed by atoms with Crippen molar-refractivity contribution < 1.29 is 23.8 Å². The second kappa shape index (κ2) is 8.86. The average molecular weight is 446 g/mol. The van der Waals surface area contributed by atoms with Crippen LogP contribution in [-0.4, -0.2) is 33.8 Å².